The van der Waals surface area contributed by atoms with Crippen LogP contribution in [0, 0.1) is 35.5 Å². The number of ketones is 3. The summed E-state index contributed by atoms with van der Waals surface area (Å²) in [5.74, 6) is -1.41. The lowest BCUT2D eigenvalue weighted by Gasteiger charge is -2.41. The van der Waals surface area contributed by atoms with Crippen LogP contribution < -0.4 is 0 Å². The fourth-order valence-corrected chi connectivity index (χ4v) is 10.8. The second kappa shape index (κ2) is 27.4. The van der Waals surface area contributed by atoms with E-state index >= 15 is 0 Å². The Morgan fingerprint density at radius 3 is 2.01 bits per heavy atom. The summed E-state index contributed by atoms with van der Waals surface area (Å²) in [6.07, 6.45) is 4.43. The van der Waals surface area contributed by atoms with Gasteiger partial charge < -0.3 is 24.1 Å². The van der Waals surface area contributed by atoms with E-state index in [1.54, 1.807) is 45.2 Å². The smallest absolute Gasteiger partial charge is 0.294 e. The van der Waals surface area contributed by atoms with Gasteiger partial charge >= 0.3 is 0 Å². The van der Waals surface area contributed by atoms with Gasteiger partial charge in [-0.05, 0) is 106 Å². The topological polar surface area (TPSA) is 168 Å². The third-order valence-electron chi connectivity index (χ3n) is 14.3. The lowest BCUT2D eigenvalue weighted by molar-refractivity contribution is -0.149. The van der Waals surface area contributed by atoms with Gasteiger partial charge in [-0.3, -0.25) is 28.6 Å². The molecule has 1 N–H and O–H groups in total. The first kappa shape index (κ1) is 57.5. The van der Waals surface area contributed by atoms with Gasteiger partial charge in [-0.2, -0.15) is 8.42 Å². The van der Waals surface area contributed by atoms with Gasteiger partial charge in [0.25, 0.3) is 10.1 Å². The summed E-state index contributed by atoms with van der Waals surface area (Å²) in [5.41, 5.74) is 2.00. The number of aryl methyl sites for hydroxylation is 1. The molecule has 9 atom stereocenters. The second-order valence-electron chi connectivity index (χ2n) is 20.0. The molecule has 0 unspecified atom stereocenters. The number of Topliss-reactive ketones (excluding diaryl/α,β-unsaturated/α-hetero) is 3. The van der Waals surface area contributed by atoms with Crippen LogP contribution in [0.25, 0.3) is 0 Å². The van der Waals surface area contributed by atoms with Crippen LogP contribution in [0.15, 0.2) is 59.5 Å². The van der Waals surface area contributed by atoms with Gasteiger partial charge in [-0.1, -0.05) is 97.4 Å². The van der Waals surface area contributed by atoms with Gasteiger partial charge in [0.2, 0.25) is 11.8 Å². The number of benzene rings is 2. The lowest BCUT2D eigenvalue weighted by atomic mass is 9.83. The van der Waals surface area contributed by atoms with Crippen molar-refractivity contribution in [1.82, 2.24) is 14.7 Å². The number of nitrogens with zero attached hydrogens (tertiary/aromatic N) is 3. The van der Waals surface area contributed by atoms with E-state index in [1.807, 2.05) is 81.8 Å². The molecule has 13 nitrogen and oxygen atoms in total. The minimum atomic E-state index is -4.30. The molecule has 0 bridgehead atoms. The van der Waals surface area contributed by atoms with E-state index in [1.165, 1.54) is 12.1 Å². The highest BCUT2D eigenvalue weighted by molar-refractivity contribution is 7.85. The first-order valence-corrected chi connectivity index (χ1v) is 26.0. The Hall–Kier alpha value is -3.82. The molecule has 0 aromatic heterocycles. The number of hydrogen-bond acceptors (Lipinski definition) is 10. The molecule has 376 valence electrons. The Balaban J connectivity index is 1.79. The van der Waals surface area contributed by atoms with Gasteiger partial charge in [0.05, 0.1) is 41.6 Å². The molecule has 67 heavy (non-hydrogen) atoms. The van der Waals surface area contributed by atoms with E-state index in [4.69, 9.17) is 9.47 Å². The summed E-state index contributed by atoms with van der Waals surface area (Å²) in [4.78, 5) is 74.4. The van der Waals surface area contributed by atoms with E-state index in [2.05, 4.69) is 13.8 Å². The maximum absolute atomic E-state index is 14.6. The molecule has 2 aromatic carbocycles. The average Bonchev–Trinajstić information content (AvgIpc) is 3.76. The zero-order valence-corrected chi connectivity index (χ0v) is 43.4. The average molecular weight is 954 g/mol. The van der Waals surface area contributed by atoms with Gasteiger partial charge in [0.15, 0.2) is 5.78 Å². The maximum Gasteiger partial charge on any atom is 0.294 e. The predicted molar refractivity (Wildman–Crippen MR) is 263 cm³/mol. The number of rotatable bonds is 30. The zero-order valence-electron chi connectivity index (χ0n) is 42.6. The Labute approximate surface area is 402 Å². The number of hydrogen-bond donors (Lipinski definition) is 1. The summed E-state index contributed by atoms with van der Waals surface area (Å²) in [6.45, 7) is 16.6. The van der Waals surface area contributed by atoms with Crippen molar-refractivity contribution in [2.24, 2.45) is 35.5 Å². The molecular weight excluding hydrogens is 871 g/mol. The first-order chi connectivity index (χ1) is 31.5. The van der Waals surface area contributed by atoms with Crippen LogP contribution in [0.5, 0.6) is 0 Å². The van der Waals surface area contributed by atoms with Crippen molar-refractivity contribution >= 4 is 39.3 Å². The molecule has 1 aliphatic rings. The van der Waals surface area contributed by atoms with E-state index in [0.29, 0.717) is 58.0 Å². The molecule has 1 heterocycles. The number of ether oxygens (including phenoxy) is 2. The third-order valence-corrected chi connectivity index (χ3v) is 15.2. The summed E-state index contributed by atoms with van der Waals surface area (Å²) in [7, 11) is 2.54. The molecule has 14 heteroatoms. The fraction of sp³-hybridized carbons (Fsp3) is 0.679. The molecule has 1 saturated heterocycles. The highest BCUT2D eigenvalue weighted by Gasteiger charge is 2.43. The van der Waals surface area contributed by atoms with Crippen LogP contribution in [0.2, 0.25) is 0 Å². The van der Waals surface area contributed by atoms with Crippen LogP contribution in [0.4, 0.5) is 0 Å². The van der Waals surface area contributed by atoms with E-state index in [0.717, 1.165) is 24.0 Å². The highest BCUT2D eigenvalue weighted by atomic mass is 32.2. The molecule has 1 fully saturated rings. The first-order valence-electron chi connectivity index (χ1n) is 24.5. The third kappa shape index (κ3) is 17.0. The van der Waals surface area contributed by atoms with E-state index in [9.17, 15) is 36.9 Å². The Kier molecular flexibility index (Phi) is 23.5. The minimum Gasteiger partial charge on any atom is -0.379 e. The van der Waals surface area contributed by atoms with Crippen molar-refractivity contribution in [1.29, 1.82) is 0 Å². The van der Waals surface area contributed by atoms with Crippen LogP contribution in [-0.4, -0.2) is 129 Å². The van der Waals surface area contributed by atoms with Crippen molar-refractivity contribution in [2.75, 3.05) is 41.4 Å². The number of carbonyl (C=O) groups is 5. The van der Waals surface area contributed by atoms with Crippen LogP contribution in [0.1, 0.15) is 124 Å². The highest BCUT2D eigenvalue weighted by Crippen LogP contribution is 2.32. The maximum atomic E-state index is 14.6. The minimum absolute atomic E-state index is 0.00198. The Morgan fingerprint density at radius 1 is 0.836 bits per heavy atom. The monoisotopic (exact) mass is 954 g/mol. The number of likely N-dealkylation sites (N-methyl/N-ethyl adjacent to an activating group) is 2. The molecule has 2 amide bonds. The van der Waals surface area contributed by atoms with Gasteiger partial charge in [-0.15, -0.1) is 0 Å². The van der Waals surface area contributed by atoms with Gasteiger partial charge in [-0.25, -0.2) is 0 Å². The Morgan fingerprint density at radius 2 is 1.48 bits per heavy atom. The standard InChI is InChI=1S/C53H83N3O10S/c1-13-37(6)51(55(10)53(61)44(35(2)3)33-47(59)50(36(4)5)54(9)29-17-19-38(7)57)48(65-11)34-49(60)56-30-18-22-45(56)52(66-12)39(8)46(58)32-42(31-41-20-15-14-16-21-41)24-23-40-25-27-43(28-26-40)67(62,63)64/h14-16,20-21,25-28,35-37,39,42,44-45,48,50-52H,13,17-19,22-24,29-34H2,1-12H3,(H,62,63,64)/t37-,39-,42+,44-,45-,48+,50-,51-,52+/m0/s1. The second-order valence-corrected chi connectivity index (χ2v) is 21.4. The van der Waals surface area contributed by atoms with Crippen LogP contribution in [0.3, 0.4) is 0 Å². The largest absolute Gasteiger partial charge is 0.379 e. The summed E-state index contributed by atoms with van der Waals surface area (Å²) < 4.78 is 44.9. The molecule has 3 rings (SSSR count). The molecule has 0 spiro atoms. The number of amides is 2. The number of likely N-dealkylation sites (tertiary alicyclic amines) is 1. The van der Waals surface area contributed by atoms with Gasteiger partial charge in [0, 0.05) is 58.9 Å². The lowest BCUT2D eigenvalue weighted by Crippen LogP contribution is -2.54. The molecule has 0 aliphatic carbocycles. The quantitative estimate of drug-likeness (QED) is 0.0751. The van der Waals surface area contributed by atoms with E-state index in [-0.39, 0.29) is 76.6 Å². The SMILES string of the molecule is CC[C@H](C)[C@@H]([C@@H](CC(=O)N1CCC[C@H]1[C@H](OC)[C@@H](C)C(=O)C[C@H](CCc1ccc(S(=O)(=O)O)cc1)Cc1ccccc1)OC)N(C)C(=O)[C@@H](CC(=O)[C@H](C(C)C)N(C)CCCC(C)=O)C(C)C. The molecule has 1 aliphatic heterocycles. The molecular formula is C53H83N3O10S. The number of carbonyl (C=O) groups excluding carboxylic acids is 5. The summed E-state index contributed by atoms with van der Waals surface area (Å²) in [6, 6.07) is 14.9. The predicted octanol–water partition coefficient (Wildman–Crippen LogP) is 8.16. The van der Waals surface area contributed by atoms with Crippen molar-refractivity contribution in [2.45, 2.75) is 161 Å². The summed E-state index contributed by atoms with van der Waals surface area (Å²) >= 11 is 0. The normalized spacial score (nSPS) is 18.0. The molecule has 2 aromatic rings. The number of methoxy groups -OCH3 is 2. The van der Waals surface area contributed by atoms with Crippen molar-refractivity contribution < 1.29 is 46.4 Å². The van der Waals surface area contributed by atoms with Crippen LogP contribution in [-0.2, 0) is 56.4 Å². The zero-order chi connectivity index (χ0) is 50.2. The van der Waals surface area contributed by atoms with Crippen molar-refractivity contribution in [3.63, 3.8) is 0 Å². The fourth-order valence-electron chi connectivity index (χ4n) is 10.3. The van der Waals surface area contributed by atoms with Crippen molar-refractivity contribution in [3.05, 3.63) is 65.7 Å². The van der Waals surface area contributed by atoms with Gasteiger partial charge in [0.1, 0.15) is 11.6 Å². The van der Waals surface area contributed by atoms with E-state index < -0.39 is 46.2 Å². The molecule has 0 radical (unpaired) electrons. The van der Waals surface area contributed by atoms with Crippen molar-refractivity contribution in [3.8, 4) is 0 Å². The Bertz CT molecular complexity index is 1990. The summed E-state index contributed by atoms with van der Waals surface area (Å²) in [5, 5.41) is 0. The van der Waals surface area contributed by atoms with Crippen LogP contribution >= 0.6 is 0 Å². The molecule has 0 saturated carbocycles.